The van der Waals surface area contributed by atoms with Crippen LogP contribution in [0.2, 0.25) is 0 Å². The molecule has 1 unspecified atom stereocenters. The summed E-state index contributed by atoms with van der Waals surface area (Å²) in [7, 11) is 0. The molecule has 0 aromatic rings. The van der Waals surface area contributed by atoms with Gasteiger partial charge in [0.05, 0.1) is 12.7 Å². The molecule has 0 radical (unpaired) electrons. The van der Waals surface area contributed by atoms with E-state index >= 15 is 0 Å². The van der Waals surface area contributed by atoms with Gasteiger partial charge in [0, 0.05) is 6.61 Å². The average Bonchev–Trinajstić information content (AvgIpc) is 2.57. The van der Waals surface area contributed by atoms with Gasteiger partial charge in [-0.25, -0.2) is 0 Å². The number of aliphatic hydroxyl groups is 1. The molecule has 0 aliphatic heterocycles. The van der Waals surface area contributed by atoms with Crippen molar-refractivity contribution in [2.24, 2.45) is 0 Å². The van der Waals surface area contributed by atoms with Crippen molar-refractivity contribution >= 4 is 0 Å². The minimum absolute atomic E-state index is 0.00587. The maximum absolute atomic E-state index is 8.84. The van der Waals surface area contributed by atoms with Crippen molar-refractivity contribution in [2.75, 3.05) is 13.2 Å². The molecule has 0 aliphatic rings. The summed E-state index contributed by atoms with van der Waals surface area (Å²) in [6.07, 6.45) is 22.4. The molecule has 2 nitrogen and oxygen atoms in total. The molecule has 0 aromatic heterocycles. The zero-order valence-corrected chi connectivity index (χ0v) is 16.2. The molecule has 0 saturated carbocycles. The number of hydrogen-bond acceptors (Lipinski definition) is 2. The van der Waals surface area contributed by atoms with Crippen LogP contribution in [0.1, 0.15) is 117 Å². The molecule has 23 heavy (non-hydrogen) atoms. The third-order valence-electron chi connectivity index (χ3n) is 4.66. The Morgan fingerprint density at radius 2 is 0.957 bits per heavy atom. The lowest BCUT2D eigenvalue weighted by Crippen LogP contribution is -2.13. The van der Waals surface area contributed by atoms with Gasteiger partial charge in [-0.3, -0.25) is 0 Å². The summed E-state index contributed by atoms with van der Waals surface area (Å²) in [5.41, 5.74) is 0. The Kier molecular flexibility index (Phi) is 19.9. The summed E-state index contributed by atoms with van der Waals surface area (Å²) in [6.45, 7) is 5.15. The van der Waals surface area contributed by atoms with E-state index in [9.17, 15) is 0 Å². The first kappa shape index (κ1) is 22.9. The SMILES string of the molecule is CCCCCCCCCCCCCCCCCCOC(C)CO. The minimum Gasteiger partial charge on any atom is -0.394 e. The fourth-order valence-corrected chi connectivity index (χ4v) is 2.99. The van der Waals surface area contributed by atoms with Crippen molar-refractivity contribution in [2.45, 2.75) is 123 Å². The van der Waals surface area contributed by atoms with Crippen molar-refractivity contribution in [1.29, 1.82) is 0 Å². The lowest BCUT2D eigenvalue weighted by Gasteiger charge is -2.09. The summed E-state index contributed by atoms with van der Waals surface area (Å²) >= 11 is 0. The number of unbranched alkanes of at least 4 members (excludes halogenated alkanes) is 15. The standard InChI is InChI=1S/C21H44O2/c1-3-4-5-6-7-8-9-10-11-12-13-14-15-16-17-18-19-23-21(2)20-22/h21-22H,3-20H2,1-2H3. The Morgan fingerprint density at radius 3 is 1.30 bits per heavy atom. The highest BCUT2D eigenvalue weighted by molar-refractivity contribution is 4.50. The fraction of sp³-hybridized carbons (Fsp3) is 1.00. The smallest absolute Gasteiger partial charge is 0.0777 e. The average molecular weight is 329 g/mol. The van der Waals surface area contributed by atoms with Gasteiger partial charge >= 0.3 is 0 Å². The molecule has 1 atom stereocenters. The Bertz CT molecular complexity index is 206. The molecule has 0 spiro atoms. The molecule has 0 aliphatic carbocycles. The molecule has 2 heteroatoms. The van der Waals surface area contributed by atoms with E-state index in [1.54, 1.807) is 0 Å². The van der Waals surface area contributed by atoms with Crippen LogP contribution in [0.15, 0.2) is 0 Å². The highest BCUT2D eigenvalue weighted by atomic mass is 16.5. The van der Waals surface area contributed by atoms with Crippen molar-refractivity contribution < 1.29 is 9.84 Å². The first-order chi connectivity index (χ1) is 11.3. The van der Waals surface area contributed by atoms with Gasteiger partial charge in [-0.15, -0.1) is 0 Å². The van der Waals surface area contributed by atoms with E-state index in [1.165, 1.54) is 96.3 Å². The minimum atomic E-state index is 0.00587. The summed E-state index contributed by atoms with van der Waals surface area (Å²) < 4.78 is 5.46. The first-order valence-electron chi connectivity index (χ1n) is 10.5. The van der Waals surface area contributed by atoms with Crippen LogP contribution in [0.25, 0.3) is 0 Å². The quantitative estimate of drug-likeness (QED) is 0.269. The largest absolute Gasteiger partial charge is 0.394 e. The molecule has 140 valence electrons. The van der Waals surface area contributed by atoms with Crippen molar-refractivity contribution in [3.63, 3.8) is 0 Å². The number of aliphatic hydroxyl groups excluding tert-OH is 1. The monoisotopic (exact) mass is 328 g/mol. The van der Waals surface area contributed by atoms with Gasteiger partial charge in [0.25, 0.3) is 0 Å². The van der Waals surface area contributed by atoms with Gasteiger partial charge in [-0.1, -0.05) is 103 Å². The van der Waals surface area contributed by atoms with Crippen LogP contribution >= 0.6 is 0 Å². The maximum atomic E-state index is 8.84. The van der Waals surface area contributed by atoms with Crippen molar-refractivity contribution in [3.05, 3.63) is 0 Å². The lowest BCUT2D eigenvalue weighted by atomic mass is 10.0. The van der Waals surface area contributed by atoms with Crippen LogP contribution < -0.4 is 0 Å². The number of hydrogen-bond donors (Lipinski definition) is 1. The van der Waals surface area contributed by atoms with E-state index < -0.39 is 0 Å². The van der Waals surface area contributed by atoms with Crippen LogP contribution in [0.4, 0.5) is 0 Å². The van der Waals surface area contributed by atoms with Gasteiger partial charge in [0.15, 0.2) is 0 Å². The second kappa shape index (κ2) is 20.0. The Morgan fingerprint density at radius 1 is 0.609 bits per heavy atom. The predicted octanol–water partition coefficient (Wildman–Crippen LogP) is 6.65. The van der Waals surface area contributed by atoms with E-state index in [2.05, 4.69) is 6.92 Å². The zero-order chi connectivity index (χ0) is 17.0. The molecule has 0 rings (SSSR count). The Hall–Kier alpha value is -0.0800. The van der Waals surface area contributed by atoms with Crippen LogP contribution in [-0.4, -0.2) is 24.4 Å². The normalized spacial score (nSPS) is 12.7. The molecule has 0 amide bonds. The third kappa shape index (κ3) is 19.9. The first-order valence-corrected chi connectivity index (χ1v) is 10.5. The van der Waals surface area contributed by atoms with Gasteiger partial charge in [-0.2, -0.15) is 0 Å². The van der Waals surface area contributed by atoms with Crippen LogP contribution in [-0.2, 0) is 4.74 Å². The molecule has 0 heterocycles. The van der Waals surface area contributed by atoms with E-state index in [4.69, 9.17) is 9.84 Å². The zero-order valence-electron chi connectivity index (χ0n) is 16.2. The molecular weight excluding hydrogens is 284 g/mol. The van der Waals surface area contributed by atoms with E-state index in [0.717, 1.165) is 13.0 Å². The van der Waals surface area contributed by atoms with Crippen LogP contribution in [0, 0.1) is 0 Å². The molecule has 0 fully saturated rings. The van der Waals surface area contributed by atoms with Crippen molar-refractivity contribution in [1.82, 2.24) is 0 Å². The summed E-state index contributed by atoms with van der Waals surface area (Å²) in [6, 6.07) is 0. The molecule has 0 aromatic carbocycles. The summed E-state index contributed by atoms with van der Waals surface area (Å²) in [5, 5.41) is 8.84. The highest BCUT2D eigenvalue weighted by Crippen LogP contribution is 2.13. The maximum Gasteiger partial charge on any atom is 0.0777 e. The second-order valence-electron chi connectivity index (χ2n) is 7.17. The number of rotatable bonds is 19. The molecule has 0 saturated heterocycles. The van der Waals surface area contributed by atoms with E-state index in [1.807, 2.05) is 6.92 Å². The highest BCUT2D eigenvalue weighted by Gasteiger charge is 1.98. The predicted molar refractivity (Wildman–Crippen MR) is 102 cm³/mol. The number of ether oxygens (including phenoxy) is 1. The van der Waals surface area contributed by atoms with Gasteiger partial charge in [-0.05, 0) is 13.3 Å². The van der Waals surface area contributed by atoms with E-state index in [0.29, 0.717) is 0 Å². The lowest BCUT2D eigenvalue weighted by molar-refractivity contribution is 0.0231. The topological polar surface area (TPSA) is 29.5 Å². The van der Waals surface area contributed by atoms with Crippen LogP contribution in [0.3, 0.4) is 0 Å². The molecular formula is C21H44O2. The van der Waals surface area contributed by atoms with Crippen molar-refractivity contribution in [3.8, 4) is 0 Å². The Balaban J connectivity index is 2.97. The molecule has 1 N–H and O–H groups in total. The fourth-order valence-electron chi connectivity index (χ4n) is 2.99. The van der Waals surface area contributed by atoms with Gasteiger partial charge < -0.3 is 9.84 Å². The van der Waals surface area contributed by atoms with Crippen LogP contribution in [0.5, 0.6) is 0 Å². The van der Waals surface area contributed by atoms with Gasteiger partial charge in [0.1, 0.15) is 0 Å². The van der Waals surface area contributed by atoms with E-state index in [-0.39, 0.29) is 12.7 Å². The van der Waals surface area contributed by atoms with Gasteiger partial charge in [0.2, 0.25) is 0 Å². The second-order valence-corrected chi connectivity index (χ2v) is 7.17. The third-order valence-corrected chi connectivity index (χ3v) is 4.66. The summed E-state index contributed by atoms with van der Waals surface area (Å²) in [4.78, 5) is 0. The summed E-state index contributed by atoms with van der Waals surface area (Å²) in [5.74, 6) is 0. The Labute approximate surface area is 146 Å². The molecule has 0 bridgehead atoms.